The molecule has 0 saturated carbocycles. The molecule has 0 amide bonds. The number of Topliss-reactive ketones (excluding diaryl/α,β-unsaturated/α-hetero) is 1. The summed E-state index contributed by atoms with van der Waals surface area (Å²) in [7, 11) is -3.34. The van der Waals surface area contributed by atoms with Crippen molar-refractivity contribution in [1.82, 2.24) is 0 Å². The van der Waals surface area contributed by atoms with Crippen molar-refractivity contribution in [3.8, 4) is 0 Å². The zero-order valence-corrected chi connectivity index (χ0v) is 12.2. The molecule has 0 fully saturated rings. The Morgan fingerprint density at radius 3 is 2.37 bits per heavy atom. The molecule has 0 N–H and O–H groups in total. The van der Waals surface area contributed by atoms with Crippen molar-refractivity contribution in [2.45, 2.75) is 12.6 Å². The Balaban J connectivity index is 3.03. The minimum Gasteiger partial charge on any atom is -0.294 e. The summed E-state index contributed by atoms with van der Waals surface area (Å²) in [5.41, 5.74) is -1.11. The van der Waals surface area contributed by atoms with Crippen LogP contribution in [-0.2, 0) is 16.0 Å². The van der Waals surface area contributed by atoms with E-state index in [1.807, 2.05) is 0 Å². The van der Waals surface area contributed by atoms with Gasteiger partial charge in [0.1, 0.15) is 9.84 Å². The lowest BCUT2D eigenvalue weighted by atomic mass is 10.1. The van der Waals surface area contributed by atoms with Crippen LogP contribution in [0, 0.1) is 0 Å². The molecule has 1 aromatic carbocycles. The molecule has 0 spiro atoms. The SMILES string of the molecule is CS(=O)(=O)CCC(=O)c1cc(C(F)(F)F)ccc1Br. The van der Waals surface area contributed by atoms with Gasteiger partial charge in [0, 0.05) is 22.7 Å². The number of benzene rings is 1. The molecule has 106 valence electrons. The number of sulfone groups is 1. The van der Waals surface area contributed by atoms with E-state index in [1.165, 1.54) is 0 Å². The fourth-order valence-electron chi connectivity index (χ4n) is 1.33. The van der Waals surface area contributed by atoms with Crippen LogP contribution in [0.4, 0.5) is 13.2 Å². The van der Waals surface area contributed by atoms with Crippen LogP contribution in [0.15, 0.2) is 22.7 Å². The summed E-state index contributed by atoms with van der Waals surface area (Å²) in [6, 6.07) is 2.68. The number of halogens is 4. The maximum absolute atomic E-state index is 12.5. The van der Waals surface area contributed by atoms with Crippen LogP contribution >= 0.6 is 15.9 Å². The second-order valence-corrected chi connectivity index (χ2v) is 7.11. The van der Waals surface area contributed by atoms with E-state index in [0.29, 0.717) is 6.07 Å². The average Bonchev–Trinajstić information content (AvgIpc) is 2.24. The van der Waals surface area contributed by atoms with Crippen molar-refractivity contribution in [3.05, 3.63) is 33.8 Å². The van der Waals surface area contributed by atoms with Gasteiger partial charge in [-0.2, -0.15) is 13.2 Å². The Labute approximate surface area is 116 Å². The normalized spacial score (nSPS) is 12.5. The highest BCUT2D eigenvalue weighted by Crippen LogP contribution is 2.32. The predicted octanol–water partition coefficient (Wildman–Crippen LogP) is 3.09. The molecule has 0 heterocycles. The lowest BCUT2D eigenvalue weighted by Crippen LogP contribution is -2.12. The summed E-state index contributed by atoms with van der Waals surface area (Å²) in [6.45, 7) is 0. The molecular formula is C11H10BrF3O3S. The molecule has 0 saturated heterocycles. The van der Waals surface area contributed by atoms with E-state index in [2.05, 4.69) is 15.9 Å². The third-order valence-electron chi connectivity index (χ3n) is 2.29. The lowest BCUT2D eigenvalue weighted by Gasteiger charge is -2.09. The molecule has 1 aromatic rings. The van der Waals surface area contributed by atoms with Gasteiger partial charge in [0.2, 0.25) is 0 Å². The fourth-order valence-corrected chi connectivity index (χ4v) is 2.35. The van der Waals surface area contributed by atoms with E-state index < -0.39 is 33.1 Å². The molecule has 3 nitrogen and oxygen atoms in total. The smallest absolute Gasteiger partial charge is 0.294 e. The van der Waals surface area contributed by atoms with Crippen LogP contribution in [-0.4, -0.2) is 26.2 Å². The van der Waals surface area contributed by atoms with Crippen LogP contribution in [0.25, 0.3) is 0 Å². The van der Waals surface area contributed by atoms with Gasteiger partial charge >= 0.3 is 6.18 Å². The molecule has 19 heavy (non-hydrogen) atoms. The Morgan fingerprint density at radius 2 is 1.89 bits per heavy atom. The number of hydrogen-bond donors (Lipinski definition) is 0. The minimum atomic E-state index is -4.55. The highest BCUT2D eigenvalue weighted by Gasteiger charge is 2.31. The zero-order chi connectivity index (χ0) is 14.8. The second-order valence-electron chi connectivity index (χ2n) is 4.00. The van der Waals surface area contributed by atoms with E-state index in [4.69, 9.17) is 0 Å². The summed E-state index contributed by atoms with van der Waals surface area (Å²) >= 11 is 2.98. The molecule has 0 unspecified atom stereocenters. The van der Waals surface area contributed by atoms with Crippen molar-refractivity contribution in [2.75, 3.05) is 12.0 Å². The molecule has 0 radical (unpaired) electrons. The topological polar surface area (TPSA) is 51.2 Å². The molecule has 0 atom stereocenters. The Hall–Kier alpha value is -0.890. The molecule has 8 heteroatoms. The predicted molar refractivity (Wildman–Crippen MR) is 67.8 cm³/mol. The standard InChI is InChI=1S/C11H10BrF3O3S/c1-19(17,18)5-4-10(16)8-6-7(11(13,14)15)2-3-9(8)12/h2-3,6H,4-5H2,1H3. The van der Waals surface area contributed by atoms with Gasteiger partial charge in [-0.3, -0.25) is 4.79 Å². The van der Waals surface area contributed by atoms with Gasteiger partial charge in [-0.25, -0.2) is 8.42 Å². The van der Waals surface area contributed by atoms with Gasteiger partial charge in [-0.05, 0) is 18.2 Å². The van der Waals surface area contributed by atoms with Gasteiger partial charge in [0.15, 0.2) is 5.78 Å². The first-order valence-electron chi connectivity index (χ1n) is 5.08. The van der Waals surface area contributed by atoms with Gasteiger partial charge in [0.25, 0.3) is 0 Å². The highest BCUT2D eigenvalue weighted by molar-refractivity contribution is 9.10. The van der Waals surface area contributed by atoms with E-state index >= 15 is 0 Å². The van der Waals surface area contributed by atoms with Crippen molar-refractivity contribution in [2.24, 2.45) is 0 Å². The number of carbonyl (C=O) groups is 1. The Kier molecular flexibility index (Phi) is 4.78. The van der Waals surface area contributed by atoms with Crippen molar-refractivity contribution in [1.29, 1.82) is 0 Å². The third-order valence-corrected chi connectivity index (χ3v) is 3.93. The van der Waals surface area contributed by atoms with Gasteiger partial charge in [0.05, 0.1) is 11.3 Å². The molecule has 0 bridgehead atoms. The molecule has 1 rings (SSSR count). The van der Waals surface area contributed by atoms with Gasteiger partial charge in [-0.1, -0.05) is 15.9 Å². The molecule has 0 aliphatic heterocycles. The fraction of sp³-hybridized carbons (Fsp3) is 0.364. The van der Waals surface area contributed by atoms with Crippen molar-refractivity contribution in [3.63, 3.8) is 0 Å². The summed E-state index contributed by atoms with van der Waals surface area (Å²) in [5, 5.41) is 0. The first kappa shape index (κ1) is 16.2. The maximum atomic E-state index is 12.5. The van der Waals surface area contributed by atoms with Crippen molar-refractivity contribution < 1.29 is 26.4 Å². The number of hydrogen-bond acceptors (Lipinski definition) is 3. The summed E-state index contributed by atoms with van der Waals surface area (Å²) in [4.78, 5) is 11.7. The van der Waals surface area contributed by atoms with E-state index in [9.17, 15) is 26.4 Å². The van der Waals surface area contributed by atoms with Crippen LogP contribution in [0.2, 0.25) is 0 Å². The molecular weight excluding hydrogens is 349 g/mol. The quantitative estimate of drug-likeness (QED) is 0.777. The number of ketones is 1. The first-order valence-corrected chi connectivity index (χ1v) is 7.94. The summed E-state index contributed by atoms with van der Waals surface area (Å²) < 4.78 is 59.6. The minimum absolute atomic E-state index is 0.168. The van der Waals surface area contributed by atoms with Crippen molar-refractivity contribution >= 4 is 31.6 Å². The first-order chi connectivity index (χ1) is 8.50. The second kappa shape index (κ2) is 5.62. The van der Waals surface area contributed by atoms with E-state index in [-0.39, 0.29) is 16.5 Å². The Bertz CT molecular complexity index is 594. The molecule has 0 aliphatic rings. The zero-order valence-electron chi connectivity index (χ0n) is 9.79. The van der Waals surface area contributed by atoms with Crippen LogP contribution in [0.5, 0.6) is 0 Å². The molecule has 0 aliphatic carbocycles. The largest absolute Gasteiger partial charge is 0.416 e. The van der Waals surface area contributed by atoms with Gasteiger partial charge in [-0.15, -0.1) is 0 Å². The van der Waals surface area contributed by atoms with Gasteiger partial charge < -0.3 is 0 Å². The highest BCUT2D eigenvalue weighted by atomic mass is 79.9. The van der Waals surface area contributed by atoms with Crippen LogP contribution in [0.1, 0.15) is 22.3 Å². The van der Waals surface area contributed by atoms with Crippen LogP contribution in [0.3, 0.4) is 0 Å². The summed E-state index contributed by atoms with van der Waals surface area (Å²) in [5.74, 6) is -1.04. The summed E-state index contributed by atoms with van der Waals surface area (Å²) in [6.07, 6.45) is -3.94. The molecule has 0 aromatic heterocycles. The lowest BCUT2D eigenvalue weighted by molar-refractivity contribution is -0.137. The number of rotatable bonds is 4. The van der Waals surface area contributed by atoms with Crippen LogP contribution < -0.4 is 0 Å². The third kappa shape index (κ3) is 4.94. The number of carbonyl (C=O) groups excluding carboxylic acids is 1. The van der Waals surface area contributed by atoms with E-state index in [1.54, 1.807) is 0 Å². The van der Waals surface area contributed by atoms with E-state index in [0.717, 1.165) is 18.4 Å². The maximum Gasteiger partial charge on any atom is 0.416 e. The monoisotopic (exact) mass is 358 g/mol. The average molecular weight is 359 g/mol. The number of alkyl halides is 3. The Morgan fingerprint density at radius 1 is 1.32 bits per heavy atom.